The van der Waals surface area contributed by atoms with E-state index in [2.05, 4.69) is 11.9 Å². The van der Waals surface area contributed by atoms with Crippen LogP contribution in [0.3, 0.4) is 0 Å². The lowest BCUT2D eigenvalue weighted by molar-refractivity contribution is -0.0404. The van der Waals surface area contributed by atoms with Gasteiger partial charge in [-0.25, -0.2) is 0 Å². The minimum Gasteiger partial charge on any atom is -0.491 e. The van der Waals surface area contributed by atoms with Crippen LogP contribution in [-0.2, 0) is 4.74 Å². The summed E-state index contributed by atoms with van der Waals surface area (Å²) in [7, 11) is 2.10. The van der Waals surface area contributed by atoms with Crippen LogP contribution in [0.15, 0.2) is 18.2 Å². The van der Waals surface area contributed by atoms with Gasteiger partial charge in [-0.1, -0.05) is 0 Å². The fraction of sp³-hybridized carbons (Fsp3) is 0.538. The molecule has 1 aromatic rings. The fourth-order valence-corrected chi connectivity index (χ4v) is 1.98. The average molecular weight is 236 g/mol. The Morgan fingerprint density at radius 2 is 2.35 bits per heavy atom. The Morgan fingerprint density at radius 1 is 1.53 bits per heavy atom. The normalized spacial score (nSPS) is 21.4. The molecule has 0 bridgehead atoms. The van der Waals surface area contributed by atoms with Crippen LogP contribution in [-0.4, -0.2) is 44.4 Å². The summed E-state index contributed by atoms with van der Waals surface area (Å²) in [5.74, 6) is 0.885. The lowest BCUT2D eigenvalue weighted by atomic mass is 10.2. The van der Waals surface area contributed by atoms with Crippen LogP contribution in [0.1, 0.15) is 5.56 Å². The van der Waals surface area contributed by atoms with Crippen molar-refractivity contribution in [1.29, 1.82) is 0 Å². The summed E-state index contributed by atoms with van der Waals surface area (Å²) in [6.07, 6.45) is 0.158. The molecule has 0 spiro atoms. The van der Waals surface area contributed by atoms with Crippen molar-refractivity contribution in [3.63, 3.8) is 0 Å². The van der Waals surface area contributed by atoms with Gasteiger partial charge in [0.25, 0.3) is 0 Å². The van der Waals surface area contributed by atoms with Crippen LogP contribution in [0.4, 0.5) is 5.69 Å². The summed E-state index contributed by atoms with van der Waals surface area (Å²) in [5, 5.41) is 0. The maximum atomic E-state index is 5.77. The molecule has 1 heterocycles. The molecule has 1 saturated heterocycles. The molecule has 1 atom stereocenters. The second-order valence-electron chi connectivity index (χ2n) is 4.59. The first-order valence-corrected chi connectivity index (χ1v) is 5.94. The lowest BCUT2D eigenvalue weighted by Gasteiger charge is -2.30. The summed E-state index contributed by atoms with van der Waals surface area (Å²) < 4.78 is 11.4. The van der Waals surface area contributed by atoms with Gasteiger partial charge in [0.1, 0.15) is 18.5 Å². The standard InChI is InChI=1S/C13H20N2O2/c1-10-7-11(14)3-4-13(10)17-9-12-8-15(2)5-6-16-12/h3-4,7,12H,5-6,8-9,14H2,1-2H3. The van der Waals surface area contributed by atoms with Crippen LogP contribution < -0.4 is 10.5 Å². The molecule has 17 heavy (non-hydrogen) atoms. The lowest BCUT2D eigenvalue weighted by Crippen LogP contribution is -2.42. The van der Waals surface area contributed by atoms with Crippen molar-refractivity contribution in [2.45, 2.75) is 13.0 Å². The van der Waals surface area contributed by atoms with Crippen LogP contribution in [0.2, 0.25) is 0 Å². The molecule has 2 rings (SSSR count). The van der Waals surface area contributed by atoms with Crippen LogP contribution in [0.25, 0.3) is 0 Å². The molecule has 1 fully saturated rings. The van der Waals surface area contributed by atoms with E-state index in [1.807, 2.05) is 25.1 Å². The van der Waals surface area contributed by atoms with Crippen molar-refractivity contribution >= 4 is 5.69 Å². The molecule has 1 aliphatic rings. The van der Waals surface area contributed by atoms with E-state index >= 15 is 0 Å². The second-order valence-corrected chi connectivity index (χ2v) is 4.59. The molecule has 0 radical (unpaired) electrons. The van der Waals surface area contributed by atoms with E-state index in [4.69, 9.17) is 15.2 Å². The zero-order valence-electron chi connectivity index (χ0n) is 10.5. The van der Waals surface area contributed by atoms with E-state index in [-0.39, 0.29) is 6.10 Å². The number of ether oxygens (including phenoxy) is 2. The number of nitrogens with two attached hydrogens (primary N) is 1. The van der Waals surface area contributed by atoms with Gasteiger partial charge >= 0.3 is 0 Å². The first-order chi connectivity index (χ1) is 8.15. The number of likely N-dealkylation sites (N-methyl/N-ethyl adjacent to an activating group) is 1. The Hall–Kier alpha value is -1.26. The predicted molar refractivity (Wildman–Crippen MR) is 68.3 cm³/mol. The number of hydrogen-bond acceptors (Lipinski definition) is 4. The SMILES string of the molecule is Cc1cc(N)ccc1OCC1CN(C)CCO1. The average Bonchev–Trinajstić information content (AvgIpc) is 2.28. The molecule has 0 aliphatic carbocycles. The quantitative estimate of drug-likeness (QED) is 0.803. The molecule has 1 unspecified atom stereocenters. The zero-order valence-corrected chi connectivity index (χ0v) is 10.5. The number of benzene rings is 1. The first-order valence-electron chi connectivity index (χ1n) is 5.94. The largest absolute Gasteiger partial charge is 0.491 e. The van der Waals surface area contributed by atoms with E-state index in [0.29, 0.717) is 6.61 Å². The van der Waals surface area contributed by atoms with E-state index in [1.54, 1.807) is 0 Å². The van der Waals surface area contributed by atoms with Crippen molar-refractivity contribution < 1.29 is 9.47 Å². The molecule has 1 aromatic carbocycles. The molecule has 0 aromatic heterocycles. The van der Waals surface area contributed by atoms with Gasteiger partial charge in [0.15, 0.2) is 0 Å². The van der Waals surface area contributed by atoms with Crippen molar-refractivity contribution in [3.05, 3.63) is 23.8 Å². The highest BCUT2D eigenvalue weighted by Crippen LogP contribution is 2.20. The van der Waals surface area contributed by atoms with Crippen LogP contribution in [0.5, 0.6) is 5.75 Å². The van der Waals surface area contributed by atoms with Gasteiger partial charge in [-0.2, -0.15) is 0 Å². The maximum Gasteiger partial charge on any atom is 0.122 e. The van der Waals surface area contributed by atoms with Crippen molar-refractivity contribution in [2.24, 2.45) is 0 Å². The molecule has 2 N–H and O–H groups in total. The van der Waals surface area contributed by atoms with Gasteiger partial charge in [0.2, 0.25) is 0 Å². The van der Waals surface area contributed by atoms with Crippen molar-refractivity contribution in [1.82, 2.24) is 4.90 Å². The second kappa shape index (κ2) is 5.38. The Bertz CT molecular complexity index is 382. The number of anilines is 1. The zero-order chi connectivity index (χ0) is 12.3. The van der Waals surface area contributed by atoms with E-state index < -0.39 is 0 Å². The highest BCUT2D eigenvalue weighted by Gasteiger charge is 2.18. The predicted octanol–water partition coefficient (Wildman–Crippen LogP) is 1.29. The minimum absolute atomic E-state index is 0.158. The van der Waals surface area contributed by atoms with Gasteiger partial charge in [0.05, 0.1) is 6.61 Å². The fourth-order valence-electron chi connectivity index (χ4n) is 1.98. The number of aryl methyl sites for hydroxylation is 1. The smallest absolute Gasteiger partial charge is 0.122 e. The Morgan fingerprint density at radius 3 is 3.06 bits per heavy atom. The van der Waals surface area contributed by atoms with E-state index in [9.17, 15) is 0 Å². The Balaban J connectivity index is 1.88. The van der Waals surface area contributed by atoms with Gasteiger partial charge < -0.3 is 20.1 Å². The van der Waals surface area contributed by atoms with Gasteiger partial charge in [0, 0.05) is 18.8 Å². The summed E-state index contributed by atoms with van der Waals surface area (Å²) in [5.41, 5.74) is 7.53. The van der Waals surface area contributed by atoms with Gasteiger partial charge in [-0.15, -0.1) is 0 Å². The first kappa shape index (κ1) is 12.2. The Kier molecular flexibility index (Phi) is 3.86. The minimum atomic E-state index is 0.158. The number of nitrogen functional groups attached to an aromatic ring is 1. The summed E-state index contributed by atoms with van der Waals surface area (Å²) >= 11 is 0. The monoisotopic (exact) mass is 236 g/mol. The van der Waals surface area contributed by atoms with E-state index in [1.165, 1.54) is 0 Å². The highest BCUT2D eigenvalue weighted by atomic mass is 16.5. The third-order valence-electron chi connectivity index (χ3n) is 2.97. The molecule has 1 aliphatic heterocycles. The summed E-state index contributed by atoms with van der Waals surface area (Å²) in [6, 6.07) is 5.69. The summed E-state index contributed by atoms with van der Waals surface area (Å²) in [4.78, 5) is 2.26. The summed E-state index contributed by atoms with van der Waals surface area (Å²) in [6.45, 7) is 5.30. The number of morpholine rings is 1. The van der Waals surface area contributed by atoms with Gasteiger partial charge in [-0.05, 0) is 37.7 Å². The molecular formula is C13H20N2O2. The number of hydrogen-bond donors (Lipinski definition) is 1. The third kappa shape index (κ3) is 3.35. The number of nitrogens with zero attached hydrogens (tertiary/aromatic N) is 1. The van der Waals surface area contributed by atoms with Crippen LogP contribution >= 0.6 is 0 Å². The topological polar surface area (TPSA) is 47.7 Å². The van der Waals surface area contributed by atoms with Gasteiger partial charge in [-0.3, -0.25) is 0 Å². The highest BCUT2D eigenvalue weighted by molar-refractivity contribution is 5.47. The maximum absolute atomic E-state index is 5.77. The third-order valence-corrected chi connectivity index (χ3v) is 2.97. The molecule has 0 saturated carbocycles. The molecular weight excluding hydrogens is 216 g/mol. The number of rotatable bonds is 3. The van der Waals surface area contributed by atoms with E-state index in [0.717, 1.165) is 36.7 Å². The Labute approximate surface area is 102 Å². The molecule has 4 heteroatoms. The molecule has 4 nitrogen and oxygen atoms in total. The van der Waals surface area contributed by atoms with Crippen molar-refractivity contribution in [2.75, 3.05) is 39.1 Å². The molecule has 0 amide bonds. The molecule has 94 valence electrons. The van der Waals surface area contributed by atoms with Crippen LogP contribution in [0, 0.1) is 6.92 Å². The van der Waals surface area contributed by atoms with Crippen molar-refractivity contribution in [3.8, 4) is 5.75 Å².